The summed E-state index contributed by atoms with van der Waals surface area (Å²) in [6, 6.07) is 19.4. The molecular formula is C26H21BrINO4S. The largest absolute Gasteiger partial charge is 0.493 e. The van der Waals surface area contributed by atoms with Gasteiger partial charge in [0.25, 0.3) is 11.1 Å². The first-order valence-electron chi connectivity index (χ1n) is 10.4. The lowest BCUT2D eigenvalue weighted by Gasteiger charge is -2.15. The summed E-state index contributed by atoms with van der Waals surface area (Å²) in [5.41, 5.74) is 3.91. The van der Waals surface area contributed by atoms with Crippen LogP contribution >= 0.6 is 50.3 Å². The minimum absolute atomic E-state index is 0.238. The van der Waals surface area contributed by atoms with E-state index in [4.69, 9.17) is 9.47 Å². The maximum Gasteiger partial charge on any atom is 0.293 e. The van der Waals surface area contributed by atoms with E-state index in [1.165, 1.54) is 4.90 Å². The van der Waals surface area contributed by atoms with Gasteiger partial charge in [-0.3, -0.25) is 14.5 Å². The Labute approximate surface area is 224 Å². The van der Waals surface area contributed by atoms with Gasteiger partial charge >= 0.3 is 0 Å². The molecule has 0 saturated carbocycles. The number of ether oxygens (including phenoxy) is 2. The van der Waals surface area contributed by atoms with Gasteiger partial charge in [0.1, 0.15) is 6.61 Å². The van der Waals surface area contributed by atoms with Crippen LogP contribution in [0.5, 0.6) is 11.5 Å². The molecule has 1 aliphatic heterocycles. The normalized spacial score (nSPS) is 14.7. The number of hydrogen-bond acceptors (Lipinski definition) is 5. The van der Waals surface area contributed by atoms with Gasteiger partial charge < -0.3 is 9.47 Å². The number of rotatable bonds is 7. The number of benzene rings is 3. The van der Waals surface area contributed by atoms with Crippen molar-refractivity contribution in [2.75, 3.05) is 7.11 Å². The molecule has 8 heteroatoms. The summed E-state index contributed by atoms with van der Waals surface area (Å²) < 4.78 is 13.5. The molecule has 0 bridgehead atoms. The van der Waals surface area contributed by atoms with Gasteiger partial charge in [-0.1, -0.05) is 52.3 Å². The summed E-state index contributed by atoms with van der Waals surface area (Å²) in [5, 5.41) is -0.279. The zero-order valence-electron chi connectivity index (χ0n) is 18.5. The number of hydrogen-bond donors (Lipinski definition) is 0. The molecule has 1 fully saturated rings. The number of aryl methyl sites for hydroxylation is 1. The molecule has 1 heterocycles. The lowest BCUT2D eigenvalue weighted by Crippen LogP contribution is -2.27. The Morgan fingerprint density at radius 1 is 1.09 bits per heavy atom. The molecule has 3 aromatic rings. The van der Waals surface area contributed by atoms with Crippen molar-refractivity contribution in [1.29, 1.82) is 0 Å². The van der Waals surface area contributed by atoms with E-state index >= 15 is 0 Å². The number of carbonyl (C=O) groups is 2. The predicted octanol–water partition coefficient (Wildman–Crippen LogP) is 7.19. The van der Waals surface area contributed by atoms with Crippen LogP contribution in [0.15, 0.2) is 70.0 Å². The Bertz CT molecular complexity index is 1280. The zero-order valence-corrected chi connectivity index (χ0v) is 23.1. The topological polar surface area (TPSA) is 55.8 Å². The first-order valence-corrected chi connectivity index (χ1v) is 13.1. The highest BCUT2D eigenvalue weighted by molar-refractivity contribution is 14.1. The minimum Gasteiger partial charge on any atom is -0.493 e. The molecule has 0 unspecified atom stereocenters. The van der Waals surface area contributed by atoms with E-state index in [-0.39, 0.29) is 17.7 Å². The summed E-state index contributed by atoms with van der Waals surface area (Å²) in [7, 11) is 1.59. The van der Waals surface area contributed by atoms with Gasteiger partial charge in [-0.25, -0.2) is 0 Å². The monoisotopic (exact) mass is 649 g/mol. The Balaban J connectivity index is 1.53. The third-order valence-corrected chi connectivity index (χ3v) is 7.55. The first-order chi connectivity index (χ1) is 16.4. The Morgan fingerprint density at radius 2 is 1.82 bits per heavy atom. The second-order valence-electron chi connectivity index (χ2n) is 7.64. The summed E-state index contributed by atoms with van der Waals surface area (Å²) in [6.07, 6.45) is 1.72. The predicted molar refractivity (Wildman–Crippen MR) is 147 cm³/mol. The molecule has 3 aromatic carbocycles. The second kappa shape index (κ2) is 11.0. The van der Waals surface area contributed by atoms with Crippen LogP contribution in [0.1, 0.15) is 22.3 Å². The fraction of sp³-hybridized carbons (Fsp3) is 0.154. The maximum atomic E-state index is 12.9. The molecule has 0 spiro atoms. The number of imide groups is 1. The average molecular weight is 650 g/mol. The van der Waals surface area contributed by atoms with Crippen LogP contribution in [-0.4, -0.2) is 23.2 Å². The van der Waals surface area contributed by atoms with Crippen molar-refractivity contribution in [2.45, 2.75) is 20.1 Å². The molecule has 0 radical (unpaired) electrons. The standard InChI is InChI=1S/C26H21BrINO4S/c1-16-5-3-4-6-19(16)15-33-24-21(28)11-18(12-22(24)32-2)13-23-25(30)29(26(31)34-23)14-17-7-9-20(27)10-8-17/h3-13H,14-15H2,1-2H3/b23-13-. The second-order valence-corrected chi connectivity index (χ2v) is 10.7. The van der Waals surface area contributed by atoms with Crippen molar-refractivity contribution in [3.8, 4) is 11.5 Å². The third kappa shape index (κ3) is 5.67. The van der Waals surface area contributed by atoms with E-state index in [1.807, 2.05) is 67.6 Å². The zero-order chi connectivity index (χ0) is 24.2. The number of methoxy groups -OCH3 is 1. The van der Waals surface area contributed by atoms with Gasteiger partial charge in [-0.15, -0.1) is 0 Å². The number of carbonyl (C=O) groups excluding carboxylic acids is 2. The quantitative estimate of drug-likeness (QED) is 0.200. The van der Waals surface area contributed by atoms with Gasteiger partial charge in [0.05, 0.1) is 22.1 Å². The fourth-order valence-electron chi connectivity index (χ4n) is 3.45. The van der Waals surface area contributed by atoms with Crippen LogP contribution in [0.3, 0.4) is 0 Å². The molecule has 2 amide bonds. The van der Waals surface area contributed by atoms with Crippen LogP contribution in [0.25, 0.3) is 6.08 Å². The van der Waals surface area contributed by atoms with Gasteiger partial charge in [0, 0.05) is 4.47 Å². The molecule has 5 nitrogen and oxygen atoms in total. The molecule has 4 rings (SSSR count). The van der Waals surface area contributed by atoms with Crippen molar-refractivity contribution in [3.05, 3.63) is 95.9 Å². The highest BCUT2D eigenvalue weighted by atomic mass is 127. The van der Waals surface area contributed by atoms with Gasteiger partial charge in [-0.05, 0) is 93.9 Å². The SMILES string of the molecule is COc1cc(/C=C2\SC(=O)N(Cc3ccc(Br)cc3)C2=O)cc(I)c1OCc1ccccc1C. The molecule has 1 saturated heterocycles. The highest BCUT2D eigenvalue weighted by Crippen LogP contribution is 2.38. The van der Waals surface area contributed by atoms with Gasteiger partial charge in [0.15, 0.2) is 11.5 Å². The molecule has 0 N–H and O–H groups in total. The van der Waals surface area contributed by atoms with Crippen molar-refractivity contribution < 1.29 is 19.1 Å². The van der Waals surface area contributed by atoms with E-state index in [0.29, 0.717) is 23.0 Å². The molecule has 0 aliphatic carbocycles. The minimum atomic E-state index is -0.299. The molecule has 0 aromatic heterocycles. The van der Waals surface area contributed by atoms with Crippen LogP contribution < -0.4 is 9.47 Å². The lowest BCUT2D eigenvalue weighted by molar-refractivity contribution is -0.123. The first kappa shape index (κ1) is 24.8. The Hall–Kier alpha value is -2.30. The number of amides is 2. The third-order valence-electron chi connectivity index (χ3n) is 5.31. The van der Waals surface area contributed by atoms with Gasteiger partial charge in [0.2, 0.25) is 0 Å². The van der Waals surface area contributed by atoms with E-state index in [9.17, 15) is 9.59 Å². The summed E-state index contributed by atoms with van der Waals surface area (Å²) in [5.74, 6) is 0.916. The molecule has 34 heavy (non-hydrogen) atoms. The Morgan fingerprint density at radius 3 is 2.53 bits per heavy atom. The average Bonchev–Trinajstić information content (AvgIpc) is 3.07. The van der Waals surface area contributed by atoms with Crippen molar-refractivity contribution in [1.82, 2.24) is 4.90 Å². The molecule has 174 valence electrons. The van der Waals surface area contributed by atoms with E-state index in [0.717, 1.165) is 42.1 Å². The maximum absolute atomic E-state index is 12.9. The molecule has 1 aliphatic rings. The van der Waals surface area contributed by atoms with Crippen LogP contribution in [0.2, 0.25) is 0 Å². The van der Waals surface area contributed by atoms with Crippen LogP contribution in [-0.2, 0) is 17.9 Å². The number of nitrogens with zero attached hydrogens (tertiary/aromatic N) is 1. The smallest absolute Gasteiger partial charge is 0.293 e. The Kier molecular flexibility index (Phi) is 8.00. The van der Waals surface area contributed by atoms with Crippen molar-refractivity contribution in [2.24, 2.45) is 0 Å². The van der Waals surface area contributed by atoms with Gasteiger partial charge in [-0.2, -0.15) is 0 Å². The van der Waals surface area contributed by atoms with E-state index in [2.05, 4.69) is 38.5 Å². The van der Waals surface area contributed by atoms with E-state index < -0.39 is 0 Å². The summed E-state index contributed by atoms with van der Waals surface area (Å²) >= 11 is 6.54. The molecular weight excluding hydrogens is 629 g/mol. The van der Waals surface area contributed by atoms with Crippen molar-refractivity contribution in [3.63, 3.8) is 0 Å². The van der Waals surface area contributed by atoms with Crippen LogP contribution in [0, 0.1) is 10.5 Å². The summed E-state index contributed by atoms with van der Waals surface area (Å²) in [6.45, 7) is 2.71. The summed E-state index contributed by atoms with van der Waals surface area (Å²) in [4.78, 5) is 27.1. The van der Waals surface area contributed by atoms with Crippen LogP contribution in [0.4, 0.5) is 4.79 Å². The van der Waals surface area contributed by atoms with Crippen molar-refractivity contribution >= 4 is 67.5 Å². The number of halogens is 2. The fourth-order valence-corrected chi connectivity index (χ4v) is 5.33. The number of thioether (sulfide) groups is 1. The molecule has 0 atom stereocenters. The highest BCUT2D eigenvalue weighted by Gasteiger charge is 2.35. The van der Waals surface area contributed by atoms with E-state index in [1.54, 1.807) is 13.2 Å². The lowest BCUT2D eigenvalue weighted by atomic mass is 10.1.